The Morgan fingerprint density at radius 2 is 1.70 bits per heavy atom. The van der Waals surface area contributed by atoms with E-state index < -0.39 is 17.6 Å². The van der Waals surface area contributed by atoms with Gasteiger partial charge in [0.2, 0.25) is 0 Å². The molecule has 8 heteroatoms. The number of carboxylic acid groups (broad SMARTS) is 1. The molecule has 7 rings (SSSR count). The van der Waals surface area contributed by atoms with Crippen molar-refractivity contribution < 1.29 is 24.6 Å². The number of rotatable bonds is 8. The molecule has 220 valence electrons. The van der Waals surface area contributed by atoms with Crippen LogP contribution in [-0.2, 0) is 17.0 Å². The minimum atomic E-state index is -0.968. The lowest BCUT2D eigenvalue weighted by molar-refractivity contribution is -0.159. The average molecular weight is 578 g/mol. The highest BCUT2D eigenvalue weighted by Crippen LogP contribution is 2.38. The fourth-order valence-electron chi connectivity index (χ4n) is 6.64. The fourth-order valence-corrected chi connectivity index (χ4v) is 6.64. The Kier molecular flexibility index (Phi) is 7.26. The van der Waals surface area contributed by atoms with E-state index in [1.165, 1.54) is 0 Å². The molecule has 0 saturated carbocycles. The third-order valence-electron chi connectivity index (χ3n) is 9.04. The molecule has 2 aliphatic heterocycles. The molecule has 0 amide bonds. The van der Waals surface area contributed by atoms with Gasteiger partial charge in [0.25, 0.3) is 0 Å². The molecular weight excluding hydrogens is 542 g/mol. The molecule has 3 N–H and O–H groups in total. The van der Waals surface area contributed by atoms with Crippen molar-refractivity contribution in [2.75, 3.05) is 19.6 Å². The lowest BCUT2D eigenvalue weighted by Gasteiger charge is -2.42. The first-order valence-corrected chi connectivity index (χ1v) is 14.9. The van der Waals surface area contributed by atoms with Gasteiger partial charge in [0.05, 0.1) is 5.60 Å². The summed E-state index contributed by atoms with van der Waals surface area (Å²) in [4.78, 5) is 24.0. The maximum Gasteiger partial charge on any atom is 0.326 e. The topological polar surface area (TPSA) is 98.3 Å². The number of hydrogen-bond acceptors (Lipinski definition) is 6. The largest absolute Gasteiger partial charge is 0.489 e. The van der Waals surface area contributed by atoms with Crippen LogP contribution in [0.3, 0.4) is 0 Å². The Morgan fingerprint density at radius 3 is 2.51 bits per heavy atom. The summed E-state index contributed by atoms with van der Waals surface area (Å²) in [5.41, 5.74) is 1.99. The summed E-state index contributed by atoms with van der Waals surface area (Å²) >= 11 is 0. The van der Waals surface area contributed by atoms with E-state index in [-0.39, 0.29) is 6.04 Å². The van der Waals surface area contributed by atoms with E-state index in [1.807, 2.05) is 91.1 Å². The van der Waals surface area contributed by atoms with Crippen molar-refractivity contribution >= 4 is 27.6 Å². The van der Waals surface area contributed by atoms with Crippen LogP contribution in [-0.4, -0.2) is 62.8 Å². The first kappa shape index (κ1) is 27.5. The number of fused-ring (bicyclic) bond motifs is 2. The molecule has 43 heavy (non-hydrogen) atoms. The Labute approximate surface area is 250 Å². The first-order valence-electron chi connectivity index (χ1n) is 14.9. The van der Waals surface area contributed by atoms with Crippen molar-refractivity contribution in [3.8, 4) is 11.5 Å². The molecular formula is C35H35N3O5. The third kappa shape index (κ3) is 5.45. The van der Waals surface area contributed by atoms with Crippen molar-refractivity contribution in [1.82, 2.24) is 14.9 Å². The van der Waals surface area contributed by atoms with Gasteiger partial charge in [0, 0.05) is 42.8 Å². The highest BCUT2D eigenvalue weighted by Gasteiger charge is 2.46. The highest BCUT2D eigenvalue weighted by atomic mass is 16.7. The number of H-pyrrole nitrogens is 1. The number of aliphatic hydroxyl groups is 1. The van der Waals surface area contributed by atoms with Crippen LogP contribution < -0.4 is 9.57 Å². The number of aliphatic carboxylic acids is 1. The molecule has 0 spiro atoms. The van der Waals surface area contributed by atoms with Crippen LogP contribution in [0.2, 0.25) is 0 Å². The zero-order valence-electron chi connectivity index (χ0n) is 23.9. The molecule has 0 radical (unpaired) electrons. The van der Waals surface area contributed by atoms with Gasteiger partial charge >= 0.3 is 5.97 Å². The van der Waals surface area contributed by atoms with Crippen LogP contribution >= 0.6 is 0 Å². The lowest BCUT2D eigenvalue weighted by Crippen LogP contribution is -2.54. The molecule has 8 nitrogen and oxygen atoms in total. The number of carboxylic acids is 1. The zero-order valence-corrected chi connectivity index (χ0v) is 23.9. The smallest absolute Gasteiger partial charge is 0.326 e. The number of hydrogen-bond donors (Lipinski definition) is 3. The average Bonchev–Trinajstić information content (AvgIpc) is 3.69. The number of ether oxygens (including phenoxy) is 1. The number of benzene rings is 4. The molecule has 1 aromatic heterocycles. The normalized spacial score (nSPS) is 20.9. The standard InChI is InChI=1S/C35H35N3O5/c39-34(40)33-31(14-18-38(33)43-32-8-4-7-30-29(32)13-17-36-30)37-19-15-35(41,16-20-37)27-11-9-26-22-28(12-10-25(26)21-27)42-23-24-5-2-1-3-6-24/h1-13,17,21-22,31,33,36,41H,14-16,18-20,23H2,(H,39,40). The van der Waals surface area contributed by atoms with Crippen LogP contribution in [0.15, 0.2) is 97.2 Å². The Morgan fingerprint density at radius 1 is 0.907 bits per heavy atom. The highest BCUT2D eigenvalue weighted by molar-refractivity contribution is 5.86. The quantitative estimate of drug-likeness (QED) is 0.218. The Bertz CT molecular complexity index is 1740. The summed E-state index contributed by atoms with van der Waals surface area (Å²) in [5.74, 6) is 0.555. The van der Waals surface area contributed by atoms with Gasteiger partial charge in [-0.05, 0) is 77.6 Å². The maximum atomic E-state index is 12.5. The minimum Gasteiger partial charge on any atom is -0.489 e. The number of aromatic nitrogens is 1. The summed E-state index contributed by atoms with van der Waals surface area (Å²) in [7, 11) is 0. The lowest BCUT2D eigenvalue weighted by atomic mass is 9.83. The van der Waals surface area contributed by atoms with E-state index in [1.54, 1.807) is 5.06 Å². The zero-order chi connectivity index (χ0) is 29.4. The summed E-state index contributed by atoms with van der Waals surface area (Å²) in [5, 5.41) is 26.6. The van der Waals surface area contributed by atoms with Gasteiger partial charge < -0.3 is 24.8 Å². The summed E-state index contributed by atoms with van der Waals surface area (Å²) < 4.78 is 6.00. The van der Waals surface area contributed by atoms with Crippen LogP contribution in [0.5, 0.6) is 11.5 Å². The summed E-state index contributed by atoms with van der Waals surface area (Å²) in [6.07, 6.45) is 3.59. The number of piperidine rings is 1. The van der Waals surface area contributed by atoms with Crippen molar-refractivity contribution in [1.29, 1.82) is 0 Å². The number of carbonyl (C=O) groups is 1. The SMILES string of the molecule is O=C(O)C1C(N2CCC(O)(c3ccc4cc(OCc5ccccc5)ccc4c3)CC2)CCN1Oc1cccc2[nH]ccc12. The van der Waals surface area contributed by atoms with E-state index >= 15 is 0 Å². The number of nitrogens with one attached hydrogen (secondary N) is 1. The first-order chi connectivity index (χ1) is 21.0. The molecule has 3 heterocycles. The Hall–Kier alpha value is -4.37. The molecule has 5 aromatic rings. The van der Waals surface area contributed by atoms with Crippen LogP contribution in [0.4, 0.5) is 0 Å². The predicted octanol–water partition coefficient (Wildman–Crippen LogP) is 5.71. The number of aromatic amines is 1. The maximum absolute atomic E-state index is 12.5. The molecule has 2 unspecified atom stereocenters. The van der Waals surface area contributed by atoms with Crippen LogP contribution in [0, 0.1) is 0 Å². The van der Waals surface area contributed by atoms with Gasteiger partial charge in [-0.15, -0.1) is 5.06 Å². The van der Waals surface area contributed by atoms with Gasteiger partial charge in [0.1, 0.15) is 12.4 Å². The van der Waals surface area contributed by atoms with E-state index in [4.69, 9.17) is 9.57 Å². The van der Waals surface area contributed by atoms with Crippen LogP contribution in [0.1, 0.15) is 30.4 Å². The fraction of sp³-hybridized carbons (Fsp3) is 0.286. The summed E-state index contributed by atoms with van der Waals surface area (Å²) in [6.45, 7) is 2.25. The minimum absolute atomic E-state index is 0.196. The Balaban J connectivity index is 1.01. The molecule has 0 bridgehead atoms. The molecule has 2 fully saturated rings. The van der Waals surface area contributed by atoms with Gasteiger partial charge in [-0.2, -0.15) is 0 Å². The molecule has 2 saturated heterocycles. The van der Waals surface area contributed by atoms with E-state index in [0.717, 1.165) is 38.6 Å². The van der Waals surface area contributed by atoms with Crippen molar-refractivity contribution in [3.63, 3.8) is 0 Å². The number of nitrogens with zero attached hydrogens (tertiary/aromatic N) is 2. The molecule has 4 aromatic carbocycles. The summed E-state index contributed by atoms with van der Waals surface area (Å²) in [6, 6.07) is 28.9. The second kappa shape index (κ2) is 11.4. The number of hydroxylamine groups is 2. The molecule has 2 atom stereocenters. The molecule has 2 aliphatic rings. The second-order valence-electron chi connectivity index (χ2n) is 11.6. The third-order valence-corrected chi connectivity index (χ3v) is 9.04. The van der Waals surface area contributed by atoms with Crippen molar-refractivity contribution in [2.45, 2.75) is 43.6 Å². The van der Waals surface area contributed by atoms with Crippen molar-refractivity contribution in [3.05, 3.63) is 108 Å². The van der Waals surface area contributed by atoms with E-state index in [0.29, 0.717) is 51.3 Å². The van der Waals surface area contributed by atoms with Crippen LogP contribution in [0.25, 0.3) is 21.7 Å². The van der Waals surface area contributed by atoms with Gasteiger partial charge in [-0.1, -0.05) is 54.6 Å². The van der Waals surface area contributed by atoms with E-state index in [9.17, 15) is 15.0 Å². The monoisotopic (exact) mass is 577 g/mol. The van der Waals surface area contributed by atoms with Crippen molar-refractivity contribution in [2.24, 2.45) is 0 Å². The predicted molar refractivity (Wildman–Crippen MR) is 165 cm³/mol. The molecule has 0 aliphatic carbocycles. The van der Waals surface area contributed by atoms with Gasteiger partial charge in [-0.25, -0.2) is 0 Å². The van der Waals surface area contributed by atoms with Gasteiger partial charge in [0.15, 0.2) is 11.8 Å². The number of likely N-dealkylation sites (tertiary alicyclic amines) is 1. The second-order valence-corrected chi connectivity index (χ2v) is 11.6. The van der Waals surface area contributed by atoms with E-state index in [2.05, 4.69) is 16.0 Å². The van der Waals surface area contributed by atoms with Gasteiger partial charge in [-0.3, -0.25) is 9.69 Å².